The van der Waals surface area contributed by atoms with E-state index < -0.39 is 0 Å². The zero-order valence-electron chi connectivity index (χ0n) is 18.2. The van der Waals surface area contributed by atoms with Crippen LogP contribution in [0.1, 0.15) is 55.7 Å². The maximum Gasteiger partial charge on any atom is 0.150 e. The van der Waals surface area contributed by atoms with Gasteiger partial charge in [0.15, 0.2) is 5.82 Å². The molecule has 0 radical (unpaired) electrons. The summed E-state index contributed by atoms with van der Waals surface area (Å²) < 4.78 is 0. The average molecular weight is 412 g/mol. The van der Waals surface area contributed by atoms with E-state index >= 15 is 0 Å². The minimum absolute atomic E-state index is 0.151. The predicted octanol–water partition coefficient (Wildman–Crippen LogP) is 4.73. The molecular weight excluding hydrogens is 382 g/mol. The van der Waals surface area contributed by atoms with Crippen LogP contribution in [-0.4, -0.2) is 23.6 Å². The molecular formula is C26H29N5. The van der Waals surface area contributed by atoms with Gasteiger partial charge in [-0.25, -0.2) is 10.0 Å². The van der Waals surface area contributed by atoms with Crippen LogP contribution in [0.25, 0.3) is 5.57 Å². The number of fused-ring (bicyclic) bond motifs is 1. The van der Waals surface area contributed by atoms with Gasteiger partial charge < -0.3 is 5.73 Å². The molecule has 2 aromatic carbocycles. The molecule has 2 heterocycles. The summed E-state index contributed by atoms with van der Waals surface area (Å²) in [6, 6.07) is 19.1. The van der Waals surface area contributed by atoms with Gasteiger partial charge in [-0.05, 0) is 49.3 Å². The largest absolute Gasteiger partial charge is 0.321 e. The van der Waals surface area contributed by atoms with Crippen molar-refractivity contribution in [2.75, 3.05) is 7.05 Å². The third kappa shape index (κ3) is 3.59. The number of aliphatic imine (C=N–C) groups is 2. The molecule has 0 atom stereocenters. The Kier molecular flexibility index (Phi) is 4.98. The summed E-state index contributed by atoms with van der Waals surface area (Å²) in [6.07, 6.45) is 7.32. The second-order valence-electron chi connectivity index (χ2n) is 8.71. The first kappa shape index (κ1) is 19.8. The summed E-state index contributed by atoms with van der Waals surface area (Å²) >= 11 is 0. The highest BCUT2D eigenvalue weighted by atomic mass is 15.5. The summed E-state index contributed by atoms with van der Waals surface area (Å²) in [5.41, 5.74) is 16.6. The summed E-state index contributed by atoms with van der Waals surface area (Å²) in [7, 11) is 1.83. The van der Waals surface area contributed by atoms with E-state index in [1.807, 2.05) is 18.1 Å². The van der Waals surface area contributed by atoms with Gasteiger partial charge in [-0.3, -0.25) is 10.4 Å². The van der Waals surface area contributed by atoms with Crippen LogP contribution in [-0.2, 0) is 5.54 Å². The van der Waals surface area contributed by atoms with Crippen LogP contribution in [0.15, 0.2) is 82.2 Å². The molecule has 0 spiro atoms. The summed E-state index contributed by atoms with van der Waals surface area (Å²) in [5, 5.41) is 2.02. The van der Waals surface area contributed by atoms with E-state index in [-0.39, 0.29) is 5.54 Å². The fourth-order valence-corrected chi connectivity index (χ4v) is 4.49. The third-order valence-electron chi connectivity index (χ3n) is 6.66. The Labute approximate surface area is 184 Å². The maximum absolute atomic E-state index is 6.54. The van der Waals surface area contributed by atoms with Crippen LogP contribution in [0.2, 0.25) is 0 Å². The van der Waals surface area contributed by atoms with Crippen molar-refractivity contribution in [2.24, 2.45) is 15.7 Å². The van der Waals surface area contributed by atoms with Crippen LogP contribution < -0.4 is 11.2 Å². The van der Waals surface area contributed by atoms with Gasteiger partial charge in [0.25, 0.3) is 0 Å². The highest BCUT2D eigenvalue weighted by Gasteiger charge is 2.34. The lowest BCUT2D eigenvalue weighted by Crippen LogP contribution is -2.43. The minimum atomic E-state index is -0.151. The van der Waals surface area contributed by atoms with Crippen molar-refractivity contribution in [1.29, 1.82) is 0 Å². The molecule has 1 saturated carbocycles. The molecule has 3 aliphatic rings. The van der Waals surface area contributed by atoms with Crippen LogP contribution in [0.4, 0.5) is 0 Å². The highest BCUT2D eigenvalue weighted by Crippen LogP contribution is 2.39. The lowest BCUT2D eigenvalue weighted by Gasteiger charge is -2.38. The average Bonchev–Trinajstić information content (AvgIpc) is 2.95. The Morgan fingerprint density at radius 2 is 1.74 bits per heavy atom. The maximum atomic E-state index is 6.54. The van der Waals surface area contributed by atoms with E-state index in [1.165, 1.54) is 17.6 Å². The Hall–Kier alpha value is -3.18. The normalized spacial score (nSPS) is 21.5. The molecule has 2 aromatic rings. The quantitative estimate of drug-likeness (QED) is 0.767. The summed E-state index contributed by atoms with van der Waals surface area (Å²) in [4.78, 5) is 9.57. The Morgan fingerprint density at radius 3 is 2.39 bits per heavy atom. The van der Waals surface area contributed by atoms with E-state index in [2.05, 4.69) is 72.1 Å². The number of hydrazine groups is 1. The molecule has 31 heavy (non-hydrogen) atoms. The Balaban J connectivity index is 1.60. The first-order valence-electron chi connectivity index (χ1n) is 11.0. The number of nitrogens with one attached hydrogen (secondary N) is 1. The molecule has 158 valence electrons. The van der Waals surface area contributed by atoms with Crippen molar-refractivity contribution in [3.63, 3.8) is 0 Å². The molecule has 0 bridgehead atoms. The van der Waals surface area contributed by atoms with E-state index in [0.29, 0.717) is 0 Å². The monoisotopic (exact) mass is 411 g/mol. The topological polar surface area (TPSA) is 66.0 Å². The van der Waals surface area contributed by atoms with Crippen LogP contribution in [0.3, 0.4) is 0 Å². The first-order chi connectivity index (χ1) is 15.1. The second kappa shape index (κ2) is 7.82. The van der Waals surface area contributed by atoms with E-state index in [0.717, 1.165) is 59.8 Å². The number of rotatable bonds is 3. The molecule has 0 unspecified atom stereocenters. The van der Waals surface area contributed by atoms with Gasteiger partial charge in [-0.15, -0.1) is 0 Å². The third-order valence-corrected chi connectivity index (χ3v) is 6.66. The molecule has 5 rings (SSSR count). The number of amidine groups is 1. The molecule has 0 saturated heterocycles. The van der Waals surface area contributed by atoms with Crippen LogP contribution in [0.5, 0.6) is 0 Å². The Bertz CT molecular complexity index is 1100. The molecule has 1 aliphatic carbocycles. The lowest BCUT2D eigenvalue weighted by molar-refractivity contribution is 0.253. The van der Waals surface area contributed by atoms with Gasteiger partial charge >= 0.3 is 0 Å². The van der Waals surface area contributed by atoms with Crippen molar-refractivity contribution in [1.82, 2.24) is 10.4 Å². The molecule has 5 heteroatoms. The SMILES string of the molecule is CN=C1CCC(C)=C2N=C(c3ccc(C4(N)CCC4)cc3)C(c3ccccc3)=CN2N1. The number of benzene rings is 2. The minimum Gasteiger partial charge on any atom is -0.321 e. The highest BCUT2D eigenvalue weighted by molar-refractivity contribution is 6.32. The standard InChI is InChI=1S/C26H29N5/c1-18-9-14-23(28-2)30-31-17-22(19-7-4-3-5-8-19)24(29-25(18)31)20-10-12-21(13-11-20)26(27)15-6-16-26/h3-5,7-8,10-13,17H,6,9,14-16,27H2,1-2H3,(H,28,30). The molecule has 5 nitrogen and oxygen atoms in total. The second-order valence-corrected chi connectivity index (χ2v) is 8.71. The molecule has 0 aromatic heterocycles. The molecule has 2 aliphatic heterocycles. The van der Waals surface area contributed by atoms with Crippen molar-refractivity contribution in [3.05, 3.63) is 88.9 Å². The number of hydrogen-bond acceptors (Lipinski definition) is 4. The van der Waals surface area contributed by atoms with Gasteiger partial charge in [-0.2, -0.15) is 0 Å². The van der Waals surface area contributed by atoms with Gasteiger partial charge in [0.1, 0.15) is 5.84 Å². The molecule has 3 N–H and O–H groups in total. The number of hydrogen-bond donors (Lipinski definition) is 2. The van der Waals surface area contributed by atoms with Gasteiger partial charge in [-0.1, -0.05) is 54.6 Å². The van der Waals surface area contributed by atoms with E-state index in [1.54, 1.807) is 0 Å². The van der Waals surface area contributed by atoms with Crippen molar-refractivity contribution >= 4 is 17.1 Å². The summed E-state index contributed by atoms with van der Waals surface area (Å²) in [5.74, 6) is 1.92. The molecule has 0 amide bonds. The van der Waals surface area contributed by atoms with E-state index in [4.69, 9.17) is 10.7 Å². The lowest BCUT2D eigenvalue weighted by atomic mass is 9.72. The van der Waals surface area contributed by atoms with Crippen molar-refractivity contribution in [3.8, 4) is 0 Å². The van der Waals surface area contributed by atoms with Gasteiger partial charge in [0.05, 0.1) is 5.71 Å². The fraction of sp³-hybridized carbons (Fsp3) is 0.308. The molecule has 1 fully saturated rings. The number of nitrogens with two attached hydrogens (primary N) is 1. The predicted molar refractivity (Wildman–Crippen MR) is 127 cm³/mol. The fourth-order valence-electron chi connectivity index (χ4n) is 4.49. The summed E-state index contributed by atoms with van der Waals surface area (Å²) in [6.45, 7) is 2.16. The smallest absolute Gasteiger partial charge is 0.150 e. The van der Waals surface area contributed by atoms with Crippen LogP contribution in [0, 0.1) is 0 Å². The van der Waals surface area contributed by atoms with Gasteiger partial charge in [0, 0.05) is 36.3 Å². The van der Waals surface area contributed by atoms with E-state index in [9.17, 15) is 0 Å². The number of nitrogens with zero attached hydrogens (tertiary/aromatic N) is 3. The van der Waals surface area contributed by atoms with Gasteiger partial charge in [0.2, 0.25) is 0 Å². The Morgan fingerprint density at radius 1 is 1.00 bits per heavy atom. The number of allylic oxidation sites excluding steroid dienone is 2. The van der Waals surface area contributed by atoms with Crippen LogP contribution >= 0.6 is 0 Å². The first-order valence-corrected chi connectivity index (χ1v) is 11.0. The zero-order chi connectivity index (χ0) is 21.4. The van der Waals surface area contributed by atoms with Crippen molar-refractivity contribution in [2.45, 2.75) is 44.6 Å². The zero-order valence-corrected chi connectivity index (χ0v) is 18.2. The van der Waals surface area contributed by atoms with Crippen molar-refractivity contribution < 1.29 is 0 Å².